The Morgan fingerprint density at radius 2 is 1.76 bits per heavy atom. The highest BCUT2D eigenvalue weighted by atomic mass is 16.2. The summed E-state index contributed by atoms with van der Waals surface area (Å²) in [6.45, 7) is 2.67. The number of rotatable bonds is 6. The molecule has 2 nitrogen and oxygen atoms in total. The van der Waals surface area contributed by atoms with Gasteiger partial charge in [0.15, 0.2) is 0 Å². The monoisotopic (exact) mass is 239 g/mol. The topological polar surface area (TPSA) is 23.5 Å². The average molecular weight is 239 g/mol. The van der Waals surface area contributed by atoms with Crippen LogP contribution >= 0.6 is 0 Å². The third-order valence-corrected chi connectivity index (χ3v) is 4.76. The number of aliphatic hydroxyl groups is 1. The summed E-state index contributed by atoms with van der Waals surface area (Å²) in [5.41, 5.74) is 0. The van der Waals surface area contributed by atoms with Gasteiger partial charge in [0.1, 0.15) is 0 Å². The molecule has 0 radical (unpaired) electrons. The molecule has 2 rings (SSSR count). The third-order valence-electron chi connectivity index (χ3n) is 4.76. The molecule has 0 aromatic heterocycles. The predicted molar refractivity (Wildman–Crippen MR) is 72.1 cm³/mol. The lowest BCUT2D eigenvalue weighted by Gasteiger charge is -2.41. The largest absolute Gasteiger partial charge is 0.396 e. The number of hydrogen-bond donors (Lipinski definition) is 1. The Morgan fingerprint density at radius 3 is 2.53 bits per heavy atom. The van der Waals surface area contributed by atoms with Crippen LogP contribution in [0.25, 0.3) is 0 Å². The number of nitrogens with zero attached hydrogens (tertiary/aromatic N) is 1. The molecule has 0 amide bonds. The van der Waals surface area contributed by atoms with Crippen molar-refractivity contribution in [1.82, 2.24) is 4.90 Å². The highest BCUT2D eigenvalue weighted by Crippen LogP contribution is 2.38. The van der Waals surface area contributed by atoms with E-state index in [4.69, 9.17) is 5.11 Å². The minimum Gasteiger partial charge on any atom is -0.396 e. The summed E-state index contributed by atoms with van der Waals surface area (Å²) in [4.78, 5) is 2.86. The zero-order valence-corrected chi connectivity index (χ0v) is 11.4. The summed E-state index contributed by atoms with van der Waals surface area (Å²) in [5.74, 6) is 0. The van der Waals surface area contributed by atoms with Gasteiger partial charge >= 0.3 is 0 Å². The van der Waals surface area contributed by atoms with E-state index < -0.39 is 0 Å². The maximum absolute atomic E-state index is 9.03. The molecule has 0 spiro atoms. The van der Waals surface area contributed by atoms with Crippen LogP contribution in [0.5, 0.6) is 0 Å². The van der Waals surface area contributed by atoms with Crippen molar-refractivity contribution in [2.75, 3.05) is 6.61 Å². The van der Waals surface area contributed by atoms with Crippen molar-refractivity contribution in [1.29, 1.82) is 0 Å². The second-order valence-corrected chi connectivity index (χ2v) is 5.93. The summed E-state index contributed by atoms with van der Waals surface area (Å²) in [5, 5.41) is 9.03. The van der Waals surface area contributed by atoms with E-state index in [2.05, 4.69) is 11.8 Å². The Balaban J connectivity index is 1.91. The highest BCUT2D eigenvalue weighted by Gasteiger charge is 2.39. The van der Waals surface area contributed by atoms with E-state index in [-0.39, 0.29) is 0 Å². The smallest absolute Gasteiger partial charge is 0.0431 e. The number of fused-ring (bicyclic) bond motifs is 1. The van der Waals surface area contributed by atoms with Crippen molar-refractivity contribution in [2.45, 2.75) is 89.3 Å². The highest BCUT2D eigenvalue weighted by molar-refractivity contribution is 4.94. The van der Waals surface area contributed by atoms with Crippen LogP contribution in [0, 0.1) is 0 Å². The Bertz CT molecular complexity index is 219. The number of unbranched alkanes of at least 4 members (excludes halogenated alkanes) is 1. The standard InChI is InChI=1S/C15H29NO/c1-2-3-6-14-10-11-15-8-4-7-13(16(14)15)9-5-12-17/h13-15,17H,2-12H2,1H3/t13?,14-,15-/m1/s1. The van der Waals surface area contributed by atoms with E-state index in [1.54, 1.807) is 0 Å². The lowest BCUT2D eigenvalue weighted by molar-refractivity contribution is 0.0674. The summed E-state index contributed by atoms with van der Waals surface area (Å²) in [6, 6.07) is 2.53. The summed E-state index contributed by atoms with van der Waals surface area (Å²) >= 11 is 0. The minimum atomic E-state index is 0.370. The van der Waals surface area contributed by atoms with Gasteiger partial charge in [-0.15, -0.1) is 0 Å². The zero-order valence-electron chi connectivity index (χ0n) is 11.4. The molecule has 0 aliphatic carbocycles. The van der Waals surface area contributed by atoms with Gasteiger partial charge in [0.05, 0.1) is 0 Å². The lowest BCUT2D eigenvalue weighted by Crippen LogP contribution is -2.47. The Hall–Kier alpha value is -0.0800. The molecule has 2 heteroatoms. The molecule has 0 bridgehead atoms. The van der Waals surface area contributed by atoms with Gasteiger partial charge in [0.25, 0.3) is 0 Å². The fourth-order valence-corrected chi connectivity index (χ4v) is 3.96. The molecule has 2 aliphatic rings. The van der Waals surface area contributed by atoms with E-state index in [1.807, 2.05) is 0 Å². The van der Waals surface area contributed by atoms with Gasteiger partial charge in [-0.05, 0) is 44.9 Å². The average Bonchev–Trinajstić information content (AvgIpc) is 2.77. The molecule has 1 unspecified atom stereocenters. The van der Waals surface area contributed by atoms with Gasteiger partial charge in [0.2, 0.25) is 0 Å². The van der Waals surface area contributed by atoms with Gasteiger partial charge < -0.3 is 5.11 Å². The molecule has 0 saturated carbocycles. The minimum absolute atomic E-state index is 0.370. The summed E-state index contributed by atoms with van der Waals surface area (Å²) in [7, 11) is 0. The molecule has 0 aromatic carbocycles. The fraction of sp³-hybridized carbons (Fsp3) is 1.00. The van der Waals surface area contributed by atoms with Gasteiger partial charge in [-0.2, -0.15) is 0 Å². The van der Waals surface area contributed by atoms with Crippen molar-refractivity contribution in [3.05, 3.63) is 0 Å². The molecule has 3 atom stereocenters. The van der Waals surface area contributed by atoms with Gasteiger partial charge in [-0.25, -0.2) is 0 Å². The van der Waals surface area contributed by atoms with E-state index >= 15 is 0 Å². The Kier molecular flexibility index (Phi) is 5.30. The van der Waals surface area contributed by atoms with Crippen LogP contribution in [0.1, 0.15) is 71.1 Å². The maximum atomic E-state index is 9.03. The van der Waals surface area contributed by atoms with Crippen LogP contribution in [0.15, 0.2) is 0 Å². The first-order chi connectivity index (χ1) is 8.36. The van der Waals surface area contributed by atoms with E-state index in [0.29, 0.717) is 6.61 Å². The molecule has 1 N–H and O–H groups in total. The SMILES string of the molecule is CCCC[C@@H]1CC[C@H]2CCCC(CCCO)N12. The van der Waals surface area contributed by atoms with Gasteiger partial charge in [-0.1, -0.05) is 26.2 Å². The fourth-order valence-electron chi connectivity index (χ4n) is 3.96. The molecular formula is C15H29NO. The van der Waals surface area contributed by atoms with Gasteiger partial charge in [-0.3, -0.25) is 4.90 Å². The van der Waals surface area contributed by atoms with Crippen LogP contribution < -0.4 is 0 Å². The van der Waals surface area contributed by atoms with Crippen molar-refractivity contribution in [2.24, 2.45) is 0 Å². The molecule has 2 fully saturated rings. The maximum Gasteiger partial charge on any atom is 0.0431 e. The molecule has 17 heavy (non-hydrogen) atoms. The van der Waals surface area contributed by atoms with Crippen molar-refractivity contribution >= 4 is 0 Å². The molecule has 2 aliphatic heterocycles. The van der Waals surface area contributed by atoms with E-state index in [1.165, 1.54) is 57.8 Å². The summed E-state index contributed by atoms with van der Waals surface area (Å²) < 4.78 is 0. The summed E-state index contributed by atoms with van der Waals surface area (Å²) in [6.07, 6.45) is 13.4. The molecule has 2 saturated heterocycles. The van der Waals surface area contributed by atoms with Crippen LogP contribution in [0.2, 0.25) is 0 Å². The van der Waals surface area contributed by atoms with Crippen molar-refractivity contribution in [3.63, 3.8) is 0 Å². The number of aliphatic hydroxyl groups excluding tert-OH is 1. The van der Waals surface area contributed by atoms with Crippen LogP contribution in [0.3, 0.4) is 0 Å². The Morgan fingerprint density at radius 1 is 1.00 bits per heavy atom. The molecule has 100 valence electrons. The molecular weight excluding hydrogens is 210 g/mol. The first kappa shape index (κ1) is 13.4. The normalized spacial score (nSPS) is 33.9. The second-order valence-electron chi connectivity index (χ2n) is 5.93. The van der Waals surface area contributed by atoms with Crippen molar-refractivity contribution in [3.8, 4) is 0 Å². The quantitative estimate of drug-likeness (QED) is 0.768. The van der Waals surface area contributed by atoms with Crippen molar-refractivity contribution < 1.29 is 5.11 Å². The van der Waals surface area contributed by atoms with E-state index in [0.717, 1.165) is 24.5 Å². The van der Waals surface area contributed by atoms with Gasteiger partial charge in [0, 0.05) is 24.7 Å². The first-order valence-electron chi connectivity index (χ1n) is 7.75. The van der Waals surface area contributed by atoms with Crippen LogP contribution in [0.4, 0.5) is 0 Å². The predicted octanol–water partition coefficient (Wildman–Crippen LogP) is 3.33. The lowest BCUT2D eigenvalue weighted by atomic mass is 9.93. The third kappa shape index (κ3) is 3.23. The Labute approximate surface area is 106 Å². The van der Waals surface area contributed by atoms with Crippen LogP contribution in [-0.2, 0) is 0 Å². The van der Waals surface area contributed by atoms with E-state index in [9.17, 15) is 0 Å². The number of hydrogen-bond acceptors (Lipinski definition) is 2. The molecule has 0 aromatic rings. The molecule has 2 heterocycles. The zero-order chi connectivity index (χ0) is 12.1. The second kappa shape index (κ2) is 6.75. The number of piperidine rings is 1. The van der Waals surface area contributed by atoms with Crippen LogP contribution in [-0.4, -0.2) is 34.7 Å². The first-order valence-corrected chi connectivity index (χ1v) is 7.75.